The number of H-pyrrole nitrogens is 1. The van der Waals surface area contributed by atoms with Crippen LogP contribution in [0.3, 0.4) is 0 Å². The van der Waals surface area contributed by atoms with Gasteiger partial charge in [0.05, 0.1) is 29.4 Å². The summed E-state index contributed by atoms with van der Waals surface area (Å²) in [6.07, 6.45) is 0.483. The van der Waals surface area contributed by atoms with Crippen molar-refractivity contribution in [3.63, 3.8) is 0 Å². The molecule has 3 aromatic rings. The summed E-state index contributed by atoms with van der Waals surface area (Å²) < 4.78 is 11.5. The van der Waals surface area contributed by atoms with E-state index in [2.05, 4.69) is 15.3 Å². The first-order chi connectivity index (χ1) is 13.7. The first-order valence-electron chi connectivity index (χ1n) is 9.38. The average Bonchev–Trinajstić information content (AvgIpc) is 3.24. The van der Waals surface area contributed by atoms with E-state index in [1.807, 2.05) is 31.2 Å². The van der Waals surface area contributed by atoms with Gasteiger partial charge < -0.3 is 19.8 Å². The highest BCUT2D eigenvalue weighted by Gasteiger charge is 2.29. The Morgan fingerprint density at radius 2 is 1.93 bits per heavy atom. The number of para-hydroxylation sites is 1. The maximum absolute atomic E-state index is 12.7. The highest BCUT2D eigenvalue weighted by Crippen LogP contribution is 2.28. The third kappa shape index (κ3) is 4.59. The number of hydrogen-bond donors (Lipinski definition) is 2. The summed E-state index contributed by atoms with van der Waals surface area (Å²) in [6.45, 7) is 7.58. The quantitative estimate of drug-likeness (QED) is 0.574. The highest BCUT2D eigenvalue weighted by atomic mass is 32.1. The van der Waals surface area contributed by atoms with Gasteiger partial charge in [-0.25, -0.2) is 14.6 Å². The van der Waals surface area contributed by atoms with Crippen LogP contribution in [0, 0.1) is 0 Å². The van der Waals surface area contributed by atoms with Crippen molar-refractivity contribution in [3.8, 4) is 0 Å². The van der Waals surface area contributed by atoms with Crippen molar-refractivity contribution < 1.29 is 19.1 Å². The van der Waals surface area contributed by atoms with E-state index >= 15 is 0 Å². The number of thiazole rings is 1. The van der Waals surface area contributed by atoms with Crippen LogP contribution in [-0.4, -0.2) is 34.6 Å². The second-order valence-corrected chi connectivity index (χ2v) is 8.55. The van der Waals surface area contributed by atoms with Crippen LogP contribution in [0.1, 0.15) is 59.8 Å². The maximum Gasteiger partial charge on any atom is 0.355 e. The highest BCUT2D eigenvalue weighted by molar-refractivity contribution is 7.22. The number of aromatic amines is 1. The fraction of sp³-hybridized carbons (Fsp3) is 0.381. The number of nitrogens with zero attached hydrogens (tertiary/aromatic N) is 1. The third-order valence-electron chi connectivity index (χ3n) is 4.24. The van der Waals surface area contributed by atoms with Crippen LogP contribution in [-0.2, 0) is 22.4 Å². The fourth-order valence-corrected chi connectivity index (χ4v) is 3.91. The molecule has 0 bridgehead atoms. The molecule has 2 aromatic heterocycles. The van der Waals surface area contributed by atoms with E-state index in [9.17, 15) is 9.59 Å². The molecule has 3 rings (SSSR count). The number of carbonyl (C=O) groups is 2. The van der Waals surface area contributed by atoms with Crippen LogP contribution in [0.25, 0.3) is 10.2 Å². The Kier molecular flexibility index (Phi) is 5.93. The zero-order valence-electron chi connectivity index (χ0n) is 17.2. The number of ether oxygens (including phenoxy) is 2. The molecular formula is C21H25N3O4S. The summed E-state index contributed by atoms with van der Waals surface area (Å²) in [5.74, 6) is -0.986. The van der Waals surface area contributed by atoms with Crippen molar-refractivity contribution >= 4 is 38.6 Å². The van der Waals surface area contributed by atoms with Crippen molar-refractivity contribution in [2.45, 2.75) is 46.3 Å². The Labute approximate surface area is 173 Å². The molecule has 1 aromatic carbocycles. The molecule has 7 nitrogen and oxygen atoms in total. The molecule has 0 saturated heterocycles. The Morgan fingerprint density at radius 1 is 1.21 bits per heavy atom. The number of methoxy groups -OCH3 is 1. The minimum absolute atomic E-state index is 0.281. The Balaban J connectivity index is 1.93. The van der Waals surface area contributed by atoms with E-state index in [4.69, 9.17) is 9.47 Å². The van der Waals surface area contributed by atoms with Gasteiger partial charge in [-0.3, -0.25) is 0 Å². The number of hydrogen-bond acceptors (Lipinski definition) is 7. The van der Waals surface area contributed by atoms with Crippen molar-refractivity contribution in [1.29, 1.82) is 0 Å². The summed E-state index contributed by atoms with van der Waals surface area (Å²) in [4.78, 5) is 32.7. The van der Waals surface area contributed by atoms with Gasteiger partial charge >= 0.3 is 11.9 Å². The van der Waals surface area contributed by atoms with E-state index < -0.39 is 17.5 Å². The van der Waals surface area contributed by atoms with Gasteiger partial charge in [0.1, 0.15) is 11.3 Å². The van der Waals surface area contributed by atoms with E-state index in [0.29, 0.717) is 29.8 Å². The van der Waals surface area contributed by atoms with Crippen molar-refractivity contribution in [3.05, 3.63) is 46.8 Å². The standard InChI is InChI=1S/C21H25N3O4S/c1-6-12-16(18(25)27-5)14(23-17(12)19(26)28-21(2,3)4)11-22-20-24-13-9-7-8-10-15(13)29-20/h7-10,23H,6,11H2,1-5H3,(H,22,24). The predicted molar refractivity (Wildman–Crippen MR) is 114 cm³/mol. The van der Waals surface area contributed by atoms with E-state index in [0.717, 1.165) is 15.3 Å². The third-order valence-corrected chi connectivity index (χ3v) is 5.23. The Morgan fingerprint density at radius 3 is 2.55 bits per heavy atom. The van der Waals surface area contributed by atoms with Crippen LogP contribution >= 0.6 is 11.3 Å². The van der Waals surface area contributed by atoms with Gasteiger partial charge in [-0.1, -0.05) is 30.4 Å². The summed E-state index contributed by atoms with van der Waals surface area (Å²) >= 11 is 1.52. The zero-order valence-corrected chi connectivity index (χ0v) is 18.0. The van der Waals surface area contributed by atoms with Gasteiger partial charge in [-0.05, 0) is 44.9 Å². The molecule has 2 N–H and O–H groups in total. The number of rotatable bonds is 6. The molecule has 0 radical (unpaired) electrons. The summed E-state index contributed by atoms with van der Waals surface area (Å²) in [7, 11) is 1.33. The van der Waals surface area contributed by atoms with Gasteiger partial charge in [-0.2, -0.15) is 0 Å². The molecule has 154 valence electrons. The van der Waals surface area contributed by atoms with Crippen molar-refractivity contribution in [1.82, 2.24) is 9.97 Å². The van der Waals surface area contributed by atoms with Crippen LogP contribution in [0.5, 0.6) is 0 Å². The molecule has 8 heteroatoms. The summed E-state index contributed by atoms with van der Waals surface area (Å²) in [5, 5.41) is 3.97. The first-order valence-corrected chi connectivity index (χ1v) is 10.2. The predicted octanol–water partition coefficient (Wildman–Crippen LogP) is 4.54. The lowest BCUT2D eigenvalue weighted by molar-refractivity contribution is 0.00622. The van der Waals surface area contributed by atoms with Crippen molar-refractivity contribution in [2.75, 3.05) is 12.4 Å². The SMILES string of the molecule is CCc1c(C(=O)OC(C)(C)C)[nH]c(CNc2nc3ccccc3s2)c1C(=O)OC. The van der Waals surface area contributed by atoms with Crippen molar-refractivity contribution in [2.24, 2.45) is 0 Å². The van der Waals surface area contributed by atoms with Gasteiger partial charge in [0.15, 0.2) is 5.13 Å². The molecule has 0 aliphatic heterocycles. The fourth-order valence-electron chi connectivity index (χ4n) is 3.05. The molecule has 0 aliphatic carbocycles. The lowest BCUT2D eigenvalue weighted by Crippen LogP contribution is -2.24. The minimum Gasteiger partial charge on any atom is -0.465 e. The van der Waals surface area contributed by atoms with Gasteiger partial charge in [0.25, 0.3) is 0 Å². The molecule has 0 unspecified atom stereocenters. The number of esters is 2. The van der Waals surface area contributed by atoms with E-state index in [1.54, 1.807) is 20.8 Å². The topological polar surface area (TPSA) is 93.3 Å². The normalized spacial score (nSPS) is 11.5. The molecule has 0 amide bonds. The second-order valence-electron chi connectivity index (χ2n) is 7.52. The molecule has 2 heterocycles. The average molecular weight is 416 g/mol. The number of carbonyl (C=O) groups excluding carboxylic acids is 2. The minimum atomic E-state index is -0.641. The molecule has 0 spiro atoms. The molecule has 29 heavy (non-hydrogen) atoms. The smallest absolute Gasteiger partial charge is 0.355 e. The van der Waals surface area contributed by atoms with Gasteiger partial charge in [0, 0.05) is 5.69 Å². The van der Waals surface area contributed by atoms with Gasteiger partial charge in [0.2, 0.25) is 0 Å². The summed E-state index contributed by atoms with van der Waals surface area (Å²) in [6, 6.07) is 7.85. The van der Waals surface area contributed by atoms with E-state index in [1.165, 1.54) is 18.4 Å². The van der Waals surface area contributed by atoms with Crippen LogP contribution in [0.2, 0.25) is 0 Å². The Hall–Kier alpha value is -2.87. The Bertz CT molecular complexity index is 1010. The number of fused-ring (bicyclic) bond motifs is 1. The molecule has 0 aliphatic rings. The number of nitrogens with one attached hydrogen (secondary N) is 2. The number of benzene rings is 1. The first kappa shape index (κ1) is 20.9. The zero-order chi connectivity index (χ0) is 21.2. The lowest BCUT2D eigenvalue weighted by Gasteiger charge is -2.19. The van der Waals surface area contributed by atoms with Crippen LogP contribution in [0.4, 0.5) is 5.13 Å². The summed E-state index contributed by atoms with van der Waals surface area (Å²) in [5.41, 5.74) is 2.07. The molecule has 0 saturated carbocycles. The largest absolute Gasteiger partial charge is 0.465 e. The molecule has 0 atom stereocenters. The number of aromatic nitrogens is 2. The monoisotopic (exact) mass is 415 g/mol. The maximum atomic E-state index is 12.7. The number of anilines is 1. The van der Waals surface area contributed by atoms with Crippen LogP contribution in [0.15, 0.2) is 24.3 Å². The van der Waals surface area contributed by atoms with E-state index in [-0.39, 0.29) is 5.69 Å². The molecular weight excluding hydrogens is 390 g/mol. The second kappa shape index (κ2) is 8.24. The van der Waals surface area contributed by atoms with Crippen LogP contribution < -0.4 is 5.32 Å². The lowest BCUT2D eigenvalue weighted by atomic mass is 10.1. The van der Waals surface area contributed by atoms with Gasteiger partial charge in [-0.15, -0.1) is 0 Å². The molecule has 0 fully saturated rings.